The van der Waals surface area contributed by atoms with Crippen LogP contribution in [0.5, 0.6) is 0 Å². The fourth-order valence-corrected chi connectivity index (χ4v) is 1.98. The highest BCUT2D eigenvalue weighted by atomic mass is 16.1. The van der Waals surface area contributed by atoms with Crippen LogP contribution in [0.3, 0.4) is 0 Å². The summed E-state index contributed by atoms with van der Waals surface area (Å²) in [5.74, 6) is 0.552. The van der Waals surface area contributed by atoms with Gasteiger partial charge in [0.2, 0.25) is 0 Å². The van der Waals surface area contributed by atoms with Crippen molar-refractivity contribution in [3.05, 3.63) is 46.0 Å². The maximum Gasteiger partial charge on any atom is 0.255 e. The average molecular weight is 228 g/mol. The lowest BCUT2D eigenvalue weighted by Crippen LogP contribution is -2.31. The quantitative estimate of drug-likeness (QED) is 0.744. The molecule has 0 aromatic carbocycles. The van der Waals surface area contributed by atoms with Crippen LogP contribution in [0.25, 0.3) is 11.5 Å². The third-order valence-corrected chi connectivity index (χ3v) is 2.85. The average Bonchev–Trinajstić information content (AvgIpc) is 2.40. The predicted octanol–water partition coefficient (Wildman–Crippen LogP) is 0.478. The minimum absolute atomic E-state index is 0.0668. The van der Waals surface area contributed by atoms with Crippen molar-refractivity contribution in [1.29, 1.82) is 0 Å². The number of hydrogen-bond donors (Lipinski definition) is 2. The van der Waals surface area contributed by atoms with Crippen LogP contribution < -0.4 is 10.9 Å². The first kappa shape index (κ1) is 10.2. The van der Waals surface area contributed by atoms with Crippen LogP contribution in [0.4, 0.5) is 0 Å². The second-order valence-electron chi connectivity index (χ2n) is 3.98. The van der Waals surface area contributed by atoms with Crippen LogP contribution in [0.15, 0.2) is 29.2 Å². The Morgan fingerprint density at radius 1 is 1.29 bits per heavy atom. The van der Waals surface area contributed by atoms with Gasteiger partial charge in [-0.15, -0.1) is 0 Å². The Kier molecular flexibility index (Phi) is 2.45. The molecule has 0 bridgehead atoms. The number of H-pyrrole nitrogens is 1. The summed E-state index contributed by atoms with van der Waals surface area (Å²) in [6.07, 6.45) is 2.48. The SMILES string of the molecule is O=c1[nH]c(-c2ccccn2)nc2c1CNCC2. The molecule has 3 heterocycles. The van der Waals surface area contributed by atoms with Gasteiger partial charge in [0.15, 0.2) is 5.82 Å². The lowest BCUT2D eigenvalue weighted by atomic mass is 10.1. The summed E-state index contributed by atoms with van der Waals surface area (Å²) in [5.41, 5.74) is 2.26. The molecule has 17 heavy (non-hydrogen) atoms. The third-order valence-electron chi connectivity index (χ3n) is 2.85. The molecule has 2 N–H and O–H groups in total. The second-order valence-corrected chi connectivity index (χ2v) is 3.98. The molecule has 0 unspecified atom stereocenters. The summed E-state index contributed by atoms with van der Waals surface area (Å²) in [4.78, 5) is 23.4. The molecule has 1 aliphatic heterocycles. The summed E-state index contributed by atoms with van der Waals surface area (Å²) in [7, 11) is 0. The fourth-order valence-electron chi connectivity index (χ4n) is 1.98. The van der Waals surface area contributed by atoms with Gasteiger partial charge in [-0.05, 0) is 12.1 Å². The summed E-state index contributed by atoms with van der Waals surface area (Å²) in [6.45, 7) is 1.46. The number of aromatic nitrogens is 3. The maximum absolute atomic E-state index is 11.9. The highest BCUT2D eigenvalue weighted by Gasteiger charge is 2.15. The van der Waals surface area contributed by atoms with Gasteiger partial charge in [0, 0.05) is 25.7 Å². The lowest BCUT2D eigenvalue weighted by molar-refractivity contribution is 0.621. The van der Waals surface area contributed by atoms with E-state index >= 15 is 0 Å². The Hall–Kier alpha value is -2.01. The van der Waals surface area contributed by atoms with Crippen molar-refractivity contribution in [3.8, 4) is 11.5 Å². The van der Waals surface area contributed by atoms with E-state index in [1.807, 2.05) is 18.2 Å². The Bertz CT molecular complexity index is 591. The Morgan fingerprint density at radius 3 is 3.06 bits per heavy atom. The number of aromatic amines is 1. The van der Waals surface area contributed by atoms with E-state index in [1.54, 1.807) is 6.20 Å². The van der Waals surface area contributed by atoms with E-state index in [4.69, 9.17) is 0 Å². The first-order valence-electron chi connectivity index (χ1n) is 5.59. The predicted molar refractivity (Wildman–Crippen MR) is 63.5 cm³/mol. The van der Waals surface area contributed by atoms with Crippen LogP contribution in [0.2, 0.25) is 0 Å². The highest BCUT2D eigenvalue weighted by molar-refractivity contribution is 5.49. The van der Waals surface area contributed by atoms with Crippen molar-refractivity contribution in [2.75, 3.05) is 6.54 Å². The van der Waals surface area contributed by atoms with Gasteiger partial charge in [-0.1, -0.05) is 6.07 Å². The molecular formula is C12H12N4O. The largest absolute Gasteiger partial charge is 0.312 e. The number of hydrogen-bond acceptors (Lipinski definition) is 4. The van der Waals surface area contributed by atoms with E-state index < -0.39 is 0 Å². The van der Waals surface area contributed by atoms with Crippen LogP contribution in [0.1, 0.15) is 11.3 Å². The van der Waals surface area contributed by atoms with Crippen molar-refractivity contribution in [2.45, 2.75) is 13.0 Å². The monoisotopic (exact) mass is 228 g/mol. The van der Waals surface area contributed by atoms with Crippen LogP contribution in [-0.4, -0.2) is 21.5 Å². The molecule has 0 atom stereocenters. The topological polar surface area (TPSA) is 70.7 Å². The van der Waals surface area contributed by atoms with Gasteiger partial charge in [0.1, 0.15) is 5.69 Å². The Balaban J connectivity index is 2.14. The molecule has 1 aliphatic rings. The molecule has 0 saturated carbocycles. The van der Waals surface area contributed by atoms with Gasteiger partial charge in [-0.2, -0.15) is 0 Å². The molecule has 86 valence electrons. The number of fused-ring (bicyclic) bond motifs is 1. The molecule has 0 fully saturated rings. The first-order valence-corrected chi connectivity index (χ1v) is 5.59. The highest BCUT2D eigenvalue weighted by Crippen LogP contribution is 2.13. The summed E-state index contributed by atoms with van der Waals surface area (Å²) in [6, 6.07) is 5.55. The molecule has 0 saturated heterocycles. The van der Waals surface area contributed by atoms with Crippen molar-refractivity contribution in [3.63, 3.8) is 0 Å². The van der Waals surface area contributed by atoms with Crippen LogP contribution in [-0.2, 0) is 13.0 Å². The molecular weight excluding hydrogens is 216 g/mol. The van der Waals surface area contributed by atoms with E-state index in [0.717, 1.165) is 24.2 Å². The van der Waals surface area contributed by atoms with Gasteiger partial charge >= 0.3 is 0 Å². The van der Waals surface area contributed by atoms with E-state index in [0.29, 0.717) is 18.1 Å². The Morgan fingerprint density at radius 2 is 2.24 bits per heavy atom. The standard InChI is InChI=1S/C12H12N4O/c17-12-8-7-13-6-4-9(8)15-11(16-12)10-3-1-2-5-14-10/h1-3,5,13H,4,6-7H2,(H,15,16,17). The normalized spacial score (nSPS) is 14.4. The van der Waals surface area contributed by atoms with Gasteiger partial charge < -0.3 is 10.3 Å². The van der Waals surface area contributed by atoms with Gasteiger partial charge in [0.05, 0.1) is 11.3 Å². The first-order chi connectivity index (χ1) is 8.34. The fraction of sp³-hybridized carbons (Fsp3) is 0.250. The molecule has 2 aromatic heterocycles. The molecule has 0 radical (unpaired) electrons. The number of rotatable bonds is 1. The molecule has 0 amide bonds. The van der Waals surface area contributed by atoms with Crippen molar-refractivity contribution < 1.29 is 0 Å². The number of pyridine rings is 1. The minimum atomic E-state index is -0.0668. The molecule has 2 aromatic rings. The smallest absolute Gasteiger partial charge is 0.255 e. The van der Waals surface area contributed by atoms with Crippen LogP contribution >= 0.6 is 0 Å². The van der Waals surface area contributed by atoms with Gasteiger partial charge in [-0.3, -0.25) is 9.78 Å². The van der Waals surface area contributed by atoms with E-state index in [9.17, 15) is 4.79 Å². The zero-order chi connectivity index (χ0) is 11.7. The third kappa shape index (κ3) is 1.85. The summed E-state index contributed by atoms with van der Waals surface area (Å²) in [5, 5.41) is 3.17. The number of nitrogens with zero attached hydrogens (tertiary/aromatic N) is 2. The van der Waals surface area contributed by atoms with Crippen molar-refractivity contribution >= 4 is 0 Å². The zero-order valence-electron chi connectivity index (χ0n) is 9.23. The van der Waals surface area contributed by atoms with Crippen LogP contribution in [0, 0.1) is 0 Å². The number of nitrogens with one attached hydrogen (secondary N) is 2. The lowest BCUT2D eigenvalue weighted by Gasteiger charge is -2.15. The summed E-state index contributed by atoms with van der Waals surface area (Å²) >= 11 is 0. The molecule has 5 nitrogen and oxygen atoms in total. The van der Waals surface area contributed by atoms with E-state index in [2.05, 4.69) is 20.3 Å². The van der Waals surface area contributed by atoms with Crippen molar-refractivity contribution in [1.82, 2.24) is 20.3 Å². The minimum Gasteiger partial charge on any atom is -0.312 e. The molecule has 0 spiro atoms. The Labute approximate surface area is 97.9 Å². The van der Waals surface area contributed by atoms with Gasteiger partial charge in [0.25, 0.3) is 5.56 Å². The van der Waals surface area contributed by atoms with Crippen molar-refractivity contribution in [2.24, 2.45) is 0 Å². The van der Waals surface area contributed by atoms with E-state index in [-0.39, 0.29) is 5.56 Å². The molecule has 5 heteroatoms. The maximum atomic E-state index is 11.9. The second kappa shape index (κ2) is 4.10. The molecule has 3 rings (SSSR count). The van der Waals surface area contributed by atoms with Gasteiger partial charge in [-0.25, -0.2) is 4.98 Å². The van der Waals surface area contributed by atoms with E-state index in [1.165, 1.54) is 0 Å². The summed E-state index contributed by atoms with van der Waals surface area (Å²) < 4.78 is 0. The zero-order valence-corrected chi connectivity index (χ0v) is 9.23. The molecule has 0 aliphatic carbocycles.